The molecular formula is C17H20FN2O4+. The molecule has 0 aliphatic carbocycles. The van der Waals surface area contributed by atoms with E-state index in [1.54, 1.807) is 31.3 Å². The van der Waals surface area contributed by atoms with Gasteiger partial charge in [0.05, 0.1) is 6.61 Å². The summed E-state index contributed by atoms with van der Waals surface area (Å²) in [6, 6.07) is 5.35. The number of nitrogens with zero attached hydrogens (tertiary/aromatic N) is 1. The van der Waals surface area contributed by atoms with Gasteiger partial charge in [0.2, 0.25) is 17.4 Å². The lowest BCUT2D eigenvalue weighted by molar-refractivity contribution is -0.731. The zero-order chi connectivity index (χ0) is 17.6. The molecule has 1 aromatic carbocycles. The van der Waals surface area contributed by atoms with Gasteiger partial charge < -0.3 is 10.1 Å². The predicted octanol–water partition coefficient (Wildman–Crippen LogP) is -0.00340. The van der Waals surface area contributed by atoms with Crippen LogP contribution in [0.15, 0.2) is 24.3 Å². The van der Waals surface area contributed by atoms with Crippen LogP contribution in [0.4, 0.5) is 4.39 Å². The normalized spacial score (nSPS) is 32.2. The maximum atomic E-state index is 13.2. The van der Waals surface area contributed by atoms with Crippen LogP contribution >= 0.6 is 0 Å². The number of fused-ring (bicyclic) bond motifs is 1. The van der Waals surface area contributed by atoms with Gasteiger partial charge in [-0.2, -0.15) is 0 Å². The lowest BCUT2D eigenvalue weighted by Crippen LogP contribution is -2.97. The number of quaternary nitrogens is 1. The third kappa shape index (κ3) is 2.23. The molecular weight excluding hydrogens is 315 g/mol. The van der Waals surface area contributed by atoms with E-state index in [0.29, 0.717) is 5.56 Å². The fourth-order valence-electron chi connectivity index (χ4n) is 3.88. The van der Waals surface area contributed by atoms with E-state index < -0.39 is 29.4 Å². The van der Waals surface area contributed by atoms with E-state index in [-0.39, 0.29) is 24.2 Å². The van der Waals surface area contributed by atoms with Gasteiger partial charge in [0.15, 0.2) is 0 Å². The van der Waals surface area contributed by atoms with Crippen molar-refractivity contribution in [3.8, 4) is 0 Å². The molecule has 2 aliphatic heterocycles. The van der Waals surface area contributed by atoms with Crippen LogP contribution in [0, 0.1) is 17.7 Å². The van der Waals surface area contributed by atoms with Gasteiger partial charge in [-0.25, -0.2) is 9.18 Å². The first-order valence-corrected chi connectivity index (χ1v) is 7.91. The Morgan fingerprint density at radius 3 is 2.50 bits per heavy atom. The van der Waals surface area contributed by atoms with Gasteiger partial charge in [0.1, 0.15) is 23.7 Å². The van der Waals surface area contributed by atoms with Crippen LogP contribution in [-0.2, 0) is 19.1 Å². The summed E-state index contributed by atoms with van der Waals surface area (Å²) in [5, 5.41) is 1.72. The highest BCUT2D eigenvalue weighted by molar-refractivity contribution is 6.08. The largest absolute Gasteiger partial charge is 0.461 e. The van der Waals surface area contributed by atoms with Crippen LogP contribution in [-0.4, -0.2) is 41.9 Å². The second-order valence-corrected chi connectivity index (χ2v) is 6.49. The number of ether oxygens (including phenoxy) is 1. The number of amides is 2. The molecule has 0 aromatic heterocycles. The Balaban J connectivity index is 2.06. The number of hydrogen-bond donors (Lipinski definition) is 1. The second-order valence-electron chi connectivity index (χ2n) is 6.49. The van der Waals surface area contributed by atoms with Gasteiger partial charge in [-0.3, -0.25) is 14.5 Å². The summed E-state index contributed by atoms with van der Waals surface area (Å²) in [7, 11) is 1.43. The molecule has 2 heterocycles. The molecule has 0 spiro atoms. The van der Waals surface area contributed by atoms with Crippen molar-refractivity contribution in [1.29, 1.82) is 0 Å². The molecule has 1 aromatic rings. The van der Waals surface area contributed by atoms with Crippen molar-refractivity contribution in [3.63, 3.8) is 0 Å². The molecule has 0 radical (unpaired) electrons. The number of rotatable bonds is 3. The first-order valence-electron chi connectivity index (χ1n) is 7.91. The monoisotopic (exact) mass is 335 g/mol. The Morgan fingerprint density at radius 1 is 1.29 bits per heavy atom. The Labute approximate surface area is 139 Å². The van der Waals surface area contributed by atoms with Crippen molar-refractivity contribution >= 4 is 17.8 Å². The topological polar surface area (TPSA) is 80.3 Å². The lowest BCUT2D eigenvalue weighted by Gasteiger charge is -2.25. The Morgan fingerprint density at radius 2 is 1.92 bits per heavy atom. The third-order valence-corrected chi connectivity index (χ3v) is 5.10. The number of halogens is 1. The van der Waals surface area contributed by atoms with E-state index in [1.807, 2.05) is 0 Å². The van der Waals surface area contributed by atoms with Crippen LogP contribution < -0.4 is 5.32 Å². The summed E-state index contributed by atoms with van der Waals surface area (Å²) >= 11 is 0. The highest BCUT2D eigenvalue weighted by atomic mass is 19.1. The standard InChI is InChI=1S/C17H19FN2O4/c1-4-24-16(23)17(2)12-11(14(21)20(3)15(12)22)13(19-17)9-5-7-10(18)8-6-9/h5-8,11-13,19H,4H2,1-3H3/p+1/t11-,12-,13-,17+/m0/s1. The number of hydrogen-bond acceptors (Lipinski definition) is 4. The number of imide groups is 1. The molecule has 2 N–H and O–H groups in total. The molecule has 0 unspecified atom stereocenters. The summed E-state index contributed by atoms with van der Waals surface area (Å²) in [4.78, 5) is 38.7. The van der Waals surface area contributed by atoms with Crippen molar-refractivity contribution in [2.45, 2.75) is 25.4 Å². The van der Waals surface area contributed by atoms with Crippen LogP contribution in [0.1, 0.15) is 25.5 Å². The van der Waals surface area contributed by atoms with E-state index in [0.717, 1.165) is 4.90 Å². The fraction of sp³-hybridized carbons (Fsp3) is 0.471. The number of likely N-dealkylation sites (tertiary alicyclic amines) is 1. The number of nitrogens with two attached hydrogens (primary N) is 1. The molecule has 2 aliphatic rings. The summed E-state index contributed by atoms with van der Waals surface area (Å²) < 4.78 is 18.4. The highest BCUT2D eigenvalue weighted by Crippen LogP contribution is 2.43. The molecule has 6 nitrogen and oxygen atoms in total. The third-order valence-electron chi connectivity index (χ3n) is 5.10. The maximum absolute atomic E-state index is 13.2. The smallest absolute Gasteiger partial charge is 0.368 e. The minimum Gasteiger partial charge on any atom is -0.461 e. The Hall–Kier alpha value is -2.28. The van der Waals surface area contributed by atoms with Gasteiger partial charge in [-0.1, -0.05) is 12.1 Å². The molecule has 2 fully saturated rings. The molecule has 4 atom stereocenters. The highest BCUT2D eigenvalue weighted by Gasteiger charge is 2.70. The minimum absolute atomic E-state index is 0.193. The van der Waals surface area contributed by atoms with Gasteiger partial charge in [-0.05, 0) is 19.1 Å². The molecule has 7 heteroatoms. The van der Waals surface area contributed by atoms with E-state index in [2.05, 4.69) is 0 Å². The van der Waals surface area contributed by atoms with E-state index in [1.165, 1.54) is 19.2 Å². The first kappa shape index (κ1) is 16.6. The SMILES string of the molecule is CCOC(=O)[C@]1(C)[NH2+][C@@H](c2ccc(F)cc2)[C@H]2C(=O)N(C)C(=O)[C@H]21. The number of carbonyl (C=O) groups is 3. The first-order chi connectivity index (χ1) is 11.3. The molecule has 3 rings (SSSR count). The van der Waals surface area contributed by atoms with Gasteiger partial charge in [-0.15, -0.1) is 0 Å². The fourth-order valence-corrected chi connectivity index (χ4v) is 3.88. The molecule has 24 heavy (non-hydrogen) atoms. The molecule has 0 bridgehead atoms. The number of carbonyl (C=O) groups excluding carboxylic acids is 3. The van der Waals surface area contributed by atoms with Crippen LogP contribution in [0.3, 0.4) is 0 Å². The summed E-state index contributed by atoms with van der Waals surface area (Å²) in [5.74, 6) is -3.04. The zero-order valence-electron chi connectivity index (χ0n) is 13.8. The number of esters is 1. The summed E-state index contributed by atoms with van der Waals surface area (Å²) in [5.41, 5.74) is -0.479. The summed E-state index contributed by atoms with van der Waals surface area (Å²) in [6.07, 6.45) is 0. The van der Waals surface area contributed by atoms with Gasteiger partial charge in [0.25, 0.3) is 0 Å². The van der Waals surface area contributed by atoms with Crippen LogP contribution in [0.2, 0.25) is 0 Å². The van der Waals surface area contributed by atoms with Crippen molar-refractivity contribution in [3.05, 3.63) is 35.6 Å². The zero-order valence-corrected chi connectivity index (χ0v) is 13.8. The molecule has 2 amide bonds. The summed E-state index contributed by atoms with van der Waals surface area (Å²) in [6.45, 7) is 3.52. The molecule has 128 valence electrons. The van der Waals surface area contributed by atoms with Crippen LogP contribution in [0.5, 0.6) is 0 Å². The maximum Gasteiger partial charge on any atom is 0.368 e. The van der Waals surface area contributed by atoms with Crippen molar-refractivity contribution in [2.24, 2.45) is 11.8 Å². The van der Waals surface area contributed by atoms with Crippen molar-refractivity contribution in [2.75, 3.05) is 13.7 Å². The molecule has 2 saturated heterocycles. The quantitative estimate of drug-likeness (QED) is 0.623. The van der Waals surface area contributed by atoms with Gasteiger partial charge in [0, 0.05) is 19.5 Å². The average molecular weight is 335 g/mol. The van der Waals surface area contributed by atoms with Crippen LogP contribution in [0.25, 0.3) is 0 Å². The van der Waals surface area contributed by atoms with E-state index in [4.69, 9.17) is 4.74 Å². The lowest BCUT2D eigenvalue weighted by atomic mass is 9.80. The minimum atomic E-state index is -1.18. The Bertz CT molecular complexity index is 705. The predicted molar refractivity (Wildman–Crippen MR) is 80.9 cm³/mol. The Kier molecular flexibility index (Phi) is 3.91. The average Bonchev–Trinajstić information content (AvgIpc) is 2.99. The van der Waals surface area contributed by atoms with E-state index >= 15 is 0 Å². The van der Waals surface area contributed by atoms with Gasteiger partial charge >= 0.3 is 5.97 Å². The molecule has 0 saturated carbocycles. The van der Waals surface area contributed by atoms with Crippen molar-refractivity contribution in [1.82, 2.24) is 4.90 Å². The van der Waals surface area contributed by atoms with Crippen molar-refractivity contribution < 1.29 is 28.8 Å². The van der Waals surface area contributed by atoms with E-state index in [9.17, 15) is 18.8 Å². The number of benzene rings is 1. The second kappa shape index (κ2) is 5.66.